The van der Waals surface area contributed by atoms with Gasteiger partial charge < -0.3 is 0 Å². The van der Waals surface area contributed by atoms with E-state index in [0.717, 1.165) is 8.95 Å². The van der Waals surface area contributed by atoms with Crippen molar-refractivity contribution in [2.75, 3.05) is 0 Å². The molecule has 0 bridgehead atoms. The van der Waals surface area contributed by atoms with Gasteiger partial charge in [-0.15, -0.1) is 0 Å². The Hall–Kier alpha value is -0.940. The Morgan fingerprint density at radius 1 is 0.458 bits per heavy atom. The standard InChI is InChI=1S/C20H12Br2S2/c21-17-9-11-19(15-7-3-1-5-13(15)17)23-24-20-12-10-18(22)14-6-2-4-8-16(14)20/h1-12H. The lowest BCUT2D eigenvalue weighted by Crippen LogP contribution is -1.80. The molecule has 0 nitrogen and oxygen atoms in total. The van der Waals surface area contributed by atoms with Crippen LogP contribution in [0.1, 0.15) is 0 Å². The molecule has 0 aliphatic heterocycles. The van der Waals surface area contributed by atoms with Gasteiger partial charge in [-0.1, -0.05) is 102 Å². The van der Waals surface area contributed by atoms with Crippen molar-refractivity contribution in [3.63, 3.8) is 0 Å². The normalized spacial score (nSPS) is 11.2. The lowest BCUT2D eigenvalue weighted by Gasteiger charge is -2.10. The van der Waals surface area contributed by atoms with Gasteiger partial charge in [-0.25, -0.2) is 0 Å². The minimum absolute atomic E-state index is 1.14. The minimum atomic E-state index is 1.14. The molecule has 118 valence electrons. The lowest BCUT2D eigenvalue weighted by atomic mass is 10.1. The quantitative estimate of drug-likeness (QED) is 0.273. The van der Waals surface area contributed by atoms with Gasteiger partial charge in [0.2, 0.25) is 0 Å². The van der Waals surface area contributed by atoms with Crippen molar-refractivity contribution in [1.82, 2.24) is 0 Å². The third kappa shape index (κ3) is 3.13. The van der Waals surface area contributed by atoms with E-state index < -0.39 is 0 Å². The van der Waals surface area contributed by atoms with Gasteiger partial charge in [0.1, 0.15) is 0 Å². The van der Waals surface area contributed by atoms with Crippen molar-refractivity contribution in [2.24, 2.45) is 0 Å². The highest BCUT2D eigenvalue weighted by molar-refractivity contribution is 9.11. The molecule has 0 saturated carbocycles. The molecule has 0 spiro atoms. The van der Waals surface area contributed by atoms with Gasteiger partial charge in [0.15, 0.2) is 0 Å². The minimum Gasteiger partial charge on any atom is -0.0616 e. The molecule has 0 radical (unpaired) electrons. The first kappa shape index (κ1) is 16.5. The lowest BCUT2D eigenvalue weighted by molar-refractivity contribution is 1.53. The van der Waals surface area contributed by atoms with Gasteiger partial charge in [-0.05, 0) is 45.8 Å². The maximum Gasteiger partial charge on any atom is 0.0265 e. The number of hydrogen-bond acceptors (Lipinski definition) is 2. The van der Waals surface area contributed by atoms with Gasteiger partial charge in [-0.3, -0.25) is 0 Å². The van der Waals surface area contributed by atoms with Crippen molar-refractivity contribution in [2.45, 2.75) is 9.79 Å². The summed E-state index contributed by atoms with van der Waals surface area (Å²) in [6.07, 6.45) is 0. The van der Waals surface area contributed by atoms with Crippen LogP contribution in [0.25, 0.3) is 21.5 Å². The van der Waals surface area contributed by atoms with E-state index in [2.05, 4.69) is 105 Å². The summed E-state index contributed by atoms with van der Waals surface area (Å²) >= 11 is 7.29. The SMILES string of the molecule is Brc1ccc(SSc2ccc(Br)c3ccccc23)c2ccccc12. The summed E-state index contributed by atoms with van der Waals surface area (Å²) < 4.78 is 2.28. The van der Waals surface area contributed by atoms with Crippen molar-refractivity contribution in [3.05, 3.63) is 81.7 Å². The number of hydrogen-bond donors (Lipinski definition) is 0. The molecule has 0 heterocycles. The number of rotatable bonds is 3. The van der Waals surface area contributed by atoms with Crippen molar-refractivity contribution < 1.29 is 0 Å². The third-order valence-corrected chi connectivity index (χ3v) is 7.75. The molecule has 0 amide bonds. The van der Waals surface area contributed by atoms with Crippen LogP contribution in [0, 0.1) is 0 Å². The van der Waals surface area contributed by atoms with Crippen LogP contribution in [0.2, 0.25) is 0 Å². The Labute approximate surface area is 165 Å². The molecular formula is C20H12Br2S2. The first-order valence-electron chi connectivity index (χ1n) is 7.43. The summed E-state index contributed by atoms with van der Waals surface area (Å²) in [4.78, 5) is 2.57. The average molecular weight is 476 g/mol. The largest absolute Gasteiger partial charge is 0.0616 e. The fourth-order valence-electron chi connectivity index (χ4n) is 2.70. The summed E-state index contributed by atoms with van der Waals surface area (Å²) in [5.41, 5.74) is 0. The Kier molecular flexibility index (Phi) is 4.90. The highest BCUT2D eigenvalue weighted by atomic mass is 79.9. The summed E-state index contributed by atoms with van der Waals surface area (Å²) in [7, 11) is 3.63. The van der Waals surface area contributed by atoms with Gasteiger partial charge in [-0.2, -0.15) is 0 Å². The van der Waals surface area contributed by atoms with Crippen LogP contribution in [0.3, 0.4) is 0 Å². The van der Waals surface area contributed by atoms with Crippen LogP contribution < -0.4 is 0 Å². The van der Waals surface area contributed by atoms with E-state index in [1.54, 1.807) is 0 Å². The van der Waals surface area contributed by atoms with Crippen LogP contribution in [-0.2, 0) is 0 Å². The Morgan fingerprint density at radius 3 is 1.25 bits per heavy atom. The maximum absolute atomic E-state index is 3.65. The second kappa shape index (κ2) is 7.12. The molecule has 4 aromatic carbocycles. The van der Waals surface area contributed by atoms with E-state index >= 15 is 0 Å². The van der Waals surface area contributed by atoms with Crippen molar-refractivity contribution in [3.8, 4) is 0 Å². The first-order chi connectivity index (χ1) is 11.7. The van der Waals surface area contributed by atoms with E-state index in [9.17, 15) is 0 Å². The van der Waals surface area contributed by atoms with E-state index in [1.807, 2.05) is 21.6 Å². The third-order valence-electron chi connectivity index (χ3n) is 3.88. The van der Waals surface area contributed by atoms with Gasteiger partial charge in [0, 0.05) is 18.7 Å². The summed E-state index contributed by atoms with van der Waals surface area (Å²) in [5.74, 6) is 0. The fourth-order valence-corrected chi connectivity index (χ4v) is 6.03. The number of halogens is 2. The second-order valence-electron chi connectivity index (χ2n) is 5.35. The fraction of sp³-hybridized carbons (Fsp3) is 0. The first-order valence-corrected chi connectivity index (χ1v) is 11.2. The van der Waals surface area contributed by atoms with Crippen LogP contribution in [0.5, 0.6) is 0 Å². The predicted molar refractivity (Wildman–Crippen MR) is 115 cm³/mol. The van der Waals surface area contributed by atoms with Crippen molar-refractivity contribution >= 4 is 75.0 Å². The second-order valence-corrected chi connectivity index (χ2v) is 9.27. The smallest absolute Gasteiger partial charge is 0.0265 e. The number of benzene rings is 4. The monoisotopic (exact) mass is 474 g/mol. The Balaban J connectivity index is 1.72. The predicted octanol–water partition coefficient (Wildman–Crippen LogP) is 8.32. The Morgan fingerprint density at radius 2 is 0.833 bits per heavy atom. The molecule has 4 rings (SSSR count). The van der Waals surface area contributed by atoms with E-state index in [0.29, 0.717) is 0 Å². The zero-order valence-electron chi connectivity index (χ0n) is 12.5. The summed E-state index contributed by atoms with van der Waals surface area (Å²) in [6, 6.07) is 25.7. The van der Waals surface area contributed by atoms with Crippen LogP contribution in [0.15, 0.2) is 91.5 Å². The molecule has 0 aliphatic carbocycles. The van der Waals surface area contributed by atoms with E-state index in [1.165, 1.54) is 31.3 Å². The zero-order chi connectivity index (χ0) is 16.5. The maximum atomic E-state index is 3.65. The number of fused-ring (bicyclic) bond motifs is 2. The topological polar surface area (TPSA) is 0 Å². The van der Waals surface area contributed by atoms with Crippen LogP contribution >= 0.6 is 53.4 Å². The molecule has 0 unspecified atom stereocenters. The van der Waals surface area contributed by atoms with Crippen LogP contribution in [0.4, 0.5) is 0 Å². The molecule has 0 saturated heterocycles. The average Bonchev–Trinajstić information content (AvgIpc) is 2.63. The molecule has 4 heteroatoms. The molecule has 0 N–H and O–H groups in total. The van der Waals surface area contributed by atoms with Gasteiger partial charge >= 0.3 is 0 Å². The van der Waals surface area contributed by atoms with Gasteiger partial charge in [0.05, 0.1) is 0 Å². The molecular weight excluding hydrogens is 464 g/mol. The molecule has 0 aliphatic rings. The molecule has 0 atom stereocenters. The van der Waals surface area contributed by atoms with Gasteiger partial charge in [0.25, 0.3) is 0 Å². The molecule has 24 heavy (non-hydrogen) atoms. The molecule has 0 aromatic heterocycles. The molecule has 4 aromatic rings. The zero-order valence-corrected chi connectivity index (χ0v) is 17.3. The van der Waals surface area contributed by atoms with E-state index in [4.69, 9.17) is 0 Å². The summed E-state index contributed by atoms with van der Waals surface area (Å²) in [6.45, 7) is 0. The Bertz CT molecular complexity index is 959. The molecule has 0 fully saturated rings. The summed E-state index contributed by atoms with van der Waals surface area (Å²) in [5, 5.41) is 5.07. The van der Waals surface area contributed by atoms with Crippen molar-refractivity contribution in [1.29, 1.82) is 0 Å². The highest BCUT2D eigenvalue weighted by Gasteiger charge is 2.08. The van der Waals surface area contributed by atoms with E-state index in [-0.39, 0.29) is 0 Å². The van der Waals surface area contributed by atoms with Crippen LogP contribution in [-0.4, -0.2) is 0 Å². The highest BCUT2D eigenvalue weighted by Crippen LogP contribution is 2.44.